The predicted molar refractivity (Wildman–Crippen MR) is 118 cm³/mol. The van der Waals surface area contributed by atoms with Crippen LogP contribution in [0.2, 0.25) is 0 Å². The van der Waals surface area contributed by atoms with Gasteiger partial charge in [0.1, 0.15) is 11.6 Å². The van der Waals surface area contributed by atoms with Crippen molar-refractivity contribution in [1.82, 2.24) is 14.8 Å². The van der Waals surface area contributed by atoms with Gasteiger partial charge in [0, 0.05) is 17.9 Å². The molecule has 0 aliphatic heterocycles. The smallest absolute Gasteiger partial charge is 0.225 e. The number of fused-ring (bicyclic) bond motifs is 1. The molecule has 2 aromatic heterocycles. The molecule has 152 valence electrons. The van der Waals surface area contributed by atoms with Gasteiger partial charge in [0.15, 0.2) is 5.82 Å². The van der Waals surface area contributed by atoms with Gasteiger partial charge in [0.05, 0.1) is 17.8 Å². The lowest BCUT2D eigenvalue weighted by molar-refractivity contribution is -0.116. The SMILES string of the molecule is Cc1cc(NC(=O)CCCOc2ccccc2)n(-c2cc(C)c3ccccc3n2)n1. The Morgan fingerprint density at radius 1 is 1.03 bits per heavy atom. The maximum Gasteiger partial charge on any atom is 0.225 e. The van der Waals surface area contributed by atoms with Gasteiger partial charge in [-0.05, 0) is 50.1 Å². The number of nitrogens with one attached hydrogen (secondary N) is 1. The van der Waals surface area contributed by atoms with Crippen molar-refractivity contribution in [2.24, 2.45) is 0 Å². The first kappa shape index (κ1) is 19.6. The van der Waals surface area contributed by atoms with Gasteiger partial charge in [0.25, 0.3) is 0 Å². The van der Waals surface area contributed by atoms with E-state index in [0.29, 0.717) is 31.1 Å². The molecule has 0 radical (unpaired) electrons. The highest BCUT2D eigenvalue weighted by atomic mass is 16.5. The zero-order valence-electron chi connectivity index (χ0n) is 17.1. The monoisotopic (exact) mass is 400 g/mol. The lowest BCUT2D eigenvalue weighted by atomic mass is 10.1. The summed E-state index contributed by atoms with van der Waals surface area (Å²) in [6.07, 6.45) is 0.989. The second-order valence-corrected chi connectivity index (χ2v) is 7.21. The number of hydrogen-bond donors (Lipinski definition) is 1. The largest absolute Gasteiger partial charge is 0.494 e. The van der Waals surface area contributed by atoms with Crippen molar-refractivity contribution >= 4 is 22.6 Å². The molecule has 0 aliphatic carbocycles. The predicted octanol–water partition coefficient (Wildman–Crippen LogP) is 4.84. The van der Waals surface area contributed by atoms with Crippen molar-refractivity contribution in [2.75, 3.05) is 11.9 Å². The van der Waals surface area contributed by atoms with Gasteiger partial charge in [-0.2, -0.15) is 9.78 Å². The molecular formula is C24H24N4O2. The quantitative estimate of drug-likeness (QED) is 0.451. The molecule has 0 bridgehead atoms. The Bertz CT molecular complexity index is 1170. The van der Waals surface area contributed by atoms with Crippen LogP contribution in [0.25, 0.3) is 16.7 Å². The van der Waals surface area contributed by atoms with Gasteiger partial charge in [-0.15, -0.1) is 0 Å². The molecule has 0 fully saturated rings. The second-order valence-electron chi connectivity index (χ2n) is 7.21. The van der Waals surface area contributed by atoms with Crippen LogP contribution in [0.3, 0.4) is 0 Å². The topological polar surface area (TPSA) is 69.0 Å². The number of aromatic nitrogens is 3. The fourth-order valence-electron chi connectivity index (χ4n) is 3.35. The van der Waals surface area contributed by atoms with Gasteiger partial charge in [-0.1, -0.05) is 36.4 Å². The Labute approximate surface area is 175 Å². The third-order valence-corrected chi connectivity index (χ3v) is 4.79. The number of rotatable bonds is 7. The first-order valence-electron chi connectivity index (χ1n) is 10.0. The molecule has 4 rings (SSSR count). The third-order valence-electron chi connectivity index (χ3n) is 4.79. The molecule has 2 heterocycles. The van der Waals surface area contributed by atoms with Crippen LogP contribution in [0.5, 0.6) is 5.75 Å². The zero-order chi connectivity index (χ0) is 20.9. The molecule has 4 aromatic rings. The Kier molecular flexibility index (Phi) is 5.75. The maximum atomic E-state index is 12.5. The number of hydrogen-bond acceptors (Lipinski definition) is 4. The van der Waals surface area contributed by atoms with E-state index in [1.54, 1.807) is 4.68 Å². The van der Waals surface area contributed by atoms with Crippen molar-refractivity contribution in [2.45, 2.75) is 26.7 Å². The molecule has 1 amide bonds. The molecule has 0 unspecified atom stereocenters. The Morgan fingerprint density at radius 2 is 1.80 bits per heavy atom. The van der Waals surface area contributed by atoms with E-state index in [1.807, 2.05) is 67.6 Å². The summed E-state index contributed by atoms with van der Waals surface area (Å²) in [6, 6.07) is 21.4. The van der Waals surface area contributed by atoms with Crippen molar-refractivity contribution in [1.29, 1.82) is 0 Å². The Morgan fingerprint density at radius 3 is 2.63 bits per heavy atom. The number of carbonyl (C=O) groups is 1. The van der Waals surface area contributed by atoms with E-state index in [0.717, 1.165) is 27.9 Å². The van der Waals surface area contributed by atoms with Crippen molar-refractivity contribution in [3.8, 4) is 11.6 Å². The van der Waals surface area contributed by atoms with Crippen LogP contribution in [0.15, 0.2) is 66.7 Å². The summed E-state index contributed by atoms with van der Waals surface area (Å²) < 4.78 is 7.34. The normalized spacial score (nSPS) is 10.9. The number of anilines is 1. The second kappa shape index (κ2) is 8.78. The van der Waals surface area contributed by atoms with Crippen molar-refractivity contribution < 1.29 is 9.53 Å². The maximum absolute atomic E-state index is 12.5. The molecule has 6 nitrogen and oxygen atoms in total. The summed E-state index contributed by atoms with van der Waals surface area (Å²) in [4.78, 5) is 17.2. The summed E-state index contributed by atoms with van der Waals surface area (Å²) in [5.74, 6) is 2.03. The number of aryl methyl sites for hydroxylation is 2. The van der Waals surface area contributed by atoms with Crippen LogP contribution in [0.4, 0.5) is 5.82 Å². The number of para-hydroxylation sites is 2. The summed E-state index contributed by atoms with van der Waals surface area (Å²) in [7, 11) is 0. The minimum Gasteiger partial charge on any atom is -0.494 e. The number of amides is 1. The van der Waals surface area contributed by atoms with Crippen LogP contribution in [0.1, 0.15) is 24.1 Å². The first-order valence-corrected chi connectivity index (χ1v) is 10.0. The molecule has 2 aromatic carbocycles. The highest BCUT2D eigenvalue weighted by molar-refractivity contribution is 5.90. The standard InChI is InChI=1S/C24H24N4O2/c1-17-15-22(25-21-12-7-6-11-20(17)21)28-23(16-18(2)27-28)26-24(29)13-8-14-30-19-9-4-3-5-10-19/h3-7,9-12,15-16H,8,13-14H2,1-2H3,(H,26,29). The van der Waals surface area contributed by atoms with E-state index in [4.69, 9.17) is 9.72 Å². The summed E-state index contributed by atoms with van der Waals surface area (Å²) in [6.45, 7) is 4.43. The molecule has 0 aliphatic rings. The number of benzene rings is 2. The van der Waals surface area contributed by atoms with Crippen LogP contribution in [-0.2, 0) is 4.79 Å². The van der Waals surface area contributed by atoms with E-state index < -0.39 is 0 Å². The minimum atomic E-state index is -0.0784. The van der Waals surface area contributed by atoms with Gasteiger partial charge < -0.3 is 10.1 Å². The summed E-state index contributed by atoms with van der Waals surface area (Å²) in [5.41, 5.74) is 2.82. The van der Waals surface area contributed by atoms with E-state index in [-0.39, 0.29) is 5.91 Å². The summed E-state index contributed by atoms with van der Waals surface area (Å²) in [5, 5.41) is 8.60. The van der Waals surface area contributed by atoms with Crippen molar-refractivity contribution in [3.63, 3.8) is 0 Å². The molecule has 0 spiro atoms. The van der Waals surface area contributed by atoms with Crippen LogP contribution >= 0.6 is 0 Å². The van der Waals surface area contributed by atoms with E-state index in [2.05, 4.69) is 23.4 Å². The number of pyridine rings is 1. The summed E-state index contributed by atoms with van der Waals surface area (Å²) >= 11 is 0. The molecule has 6 heteroatoms. The lowest BCUT2D eigenvalue weighted by Gasteiger charge is -2.11. The fraction of sp³-hybridized carbons (Fsp3) is 0.208. The molecule has 0 saturated carbocycles. The highest BCUT2D eigenvalue weighted by Gasteiger charge is 2.13. The van der Waals surface area contributed by atoms with Gasteiger partial charge in [-0.3, -0.25) is 4.79 Å². The molecule has 0 saturated heterocycles. The van der Waals surface area contributed by atoms with E-state index in [1.165, 1.54) is 0 Å². The fourth-order valence-corrected chi connectivity index (χ4v) is 3.35. The van der Waals surface area contributed by atoms with Gasteiger partial charge in [0.2, 0.25) is 5.91 Å². The van der Waals surface area contributed by atoms with E-state index >= 15 is 0 Å². The molecule has 30 heavy (non-hydrogen) atoms. The lowest BCUT2D eigenvalue weighted by Crippen LogP contribution is -2.16. The number of carbonyl (C=O) groups excluding carboxylic acids is 1. The van der Waals surface area contributed by atoms with E-state index in [9.17, 15) is 4.79 Å². The average Bonchev–Trinajstić information content (AvgIpc) is 3.12. The first-order chi connectivity index (χ1) is 14.6. The van der Waals surface area contributed by atoms with Crippen LogP contribution in [-0.4, -0.2) is 27.3 Å². The number of nitrogens with zero attached hydrogens (tertiary/aromatic N) is 3. The van der Waals surface area contributed by atoms with Gasteiger partial charge >= 0.3 is 0 Å². The third kappa shape index (κ3) is 4.49. The Balaban J connectivity index is 1.44. The Hall–Kier alpha value is -3.67. The van der Waals surface area contributed by atoms with Crippen molar-refractivity contribution in [3.05, 3.63) is 78.0 Å². The number of ether oxygens (including phenoxy) is 1. The molecule has 1 N–H and O–H groups in total. The highest BCUT2D eigenvalue weighted by Crippen LogP contribution is 2.22. The van der Waals surface area contributed by atoms with Crippen LogP contribution < -0.4 is 10.1 Å². The average molecular weight is 400 g/mol. The van der Waals surface area contributed by atoms with Gasteiger partial charge in [-0.25, -0.2) is 4.98 Å². The molecular weight excluding hydrogens is 376 g/mol. The van der Waals surface area contributed by atoms with Crippen LogP contribution in [0, 0.1) is 13.8 Å². The minimum absolute atomic E-state index is 0.0784. The molecule has 0 atom stereocenters. The zero-order valence-corrected chi connectivity index (χ0v) is 17.1.